The third-order valence-corrected chi connectivity index (χ3v) is 18.3. The number of methoxy groups -OCH3 is 4. The van der Waals surface area contributed by atoms with Crippen molar-refractivity contribution in [3.05, 3.63) is 234 Å². The molecule has 31 heteroatoms. The Labute approximate surface area is 674 Å². The highest BCUT2D eigenvalue weighted by Gasteiger charge is 2.32. The molecule has 3 unspecified atom stereocenters. The number of benzene rings is 9. The van der Waals surface area contributed by atoms with Gasteiger partial charge in [0.2, 0.25) is 0 Å². The molecule has 115 heavy (non-hydrogen) atoms. The summed E-state index contributed by atoms with van der Waals surface area (Å²) in [6, 6.07) is 53.0. The second-order valence-electron chi connectivity index (χ2n) is 23.5. The predicted molar refractivity (Wildman–Crippen MR) is 415 cm³/mol. The van der Waals surface area contributed by atoms with E-state index in [1.165, 1.54) is 36.4 Å². The van der Waals surface area contributed by atoms with Crippen LogP contribution in [-0.2, 0) is 52.0 Å². The summed E-state index contributed by atoms with van der Waals surface area (Å²) in [5.74, 6) is 9.19. The fourth-order valence-corrected chi connectivity index (χ4v) is 12.3. The quantitative estimate of drug-likeness (QED) is 0.0292. The number of halogens is 9. The van der Waals surface area contributed by atoms with E-state index in [1.54, 1.807) is 137 Å². The summed E-state index contributed by atoms with van der Waals surface area (Å²) in [5.41, 5.74) is 1.04. The summed E-state index contributed by atoms with van der Waals surface area (Å²) in [7, 11) is 6.40. The lowest BCUT2D eigenvalue weighted by atomic mass is 10.2. The van der Waals surface area contributed by atoms with Crippen LogP contribution in [0.3, 0.4) is 0 Å². The third-order valence-electron chi connectivity index (χ3n) is 14.9. The average molecular weight is 1670 g/mol. The van der Waals surface area contributed by atoms with Crippen molar-refractivity contribution in [2.24, 2.45) is 0 Å². The van der Waals surface area contributed by atoms with E-state index in [9.17, 15) is 39.5 Å². The lowest BCUT2D eigenvalue weighted by Gasteiger charge is -2.20. The molecule has 0 heterocycles. The summed E-state index contributed by atoms with van der Waals surface area (Å²) in [6.45, 7) is 14.5. The molecule has 19 nitrogen and oxygen atoms in total. The van der Waals surface area contributed by atoms with Crippen LogP contribution in [0.4, 0.5) is 39.5 Å². The lowest BCUT2D eigenvalue weighted by molar-refractivity contribution is -0.193. The highest BCUT2D eigenvalue weighted by molar-refractivity contribution is 7.99. The average Bonchev–Trinajstić information content (AvgIpc) is 0.864. The van der Waals surface area contributed by atoms with Crippen LogP contribution in [0.25, 0.3) is 0 Å². The van der Waals surface area contributed by atoms with Crippen LogP contribution >= 0.6 is 35.3 Å². The molecule has 0 saturated heterocycles. The van der Waals surface area contributed by atoms with Crippen LogP contribution in [0.1, 0.15) is 67.0 Å². The zero-order valence-electron chi connectivity index (χ0n) is 64.5. The first kappa shape index (κ1) is 98.3. The first-order valence-corrected chi connectivity index (χ1v) is 37.9. The Morgan fingerprint density at radius 3 is 0.861 bits per heavy atom. The smallest absolute Gasteiger partial charge is 0.416 e. The molecule has 3 atom stereocenters. The van der Waals surface area contributed by atoms with Crippen molar-refractivity contribution < 1.29 is 130 Å². The number of hydrogen-bond acceptors (Lipinski definition) is 22. The van der Waals surface area contributed by atoms with E-state index in [1.807, 2.05) is 70.2 Å². The molecule has 0 aromatic heterocycles. The molecular formula is C84H89F9O19S3. The number of ether oxygens (including phenoxy) is 12. The molecule has 0 bridgehead atoms. The molecule has 0 aliphatic heterocycles. The van der Waals surface area contributed by atoms with E-state index in [0.29, 0.717) is 77.3 Å². The highest BCUT2D eigenvalue weighted by Crippen LogP contribution is 2.36. The molecule has 0 saturated carbocycles. The second-order valence-corrected chi connectivity index (χ2v) is 26.8. The molecule has 0 radical (unpaired) electrons. The number of carbonyl (C=O) groups excluding carboxylic acids is 6. The Kier molecular flexibility index (Phi) is 46.1. The summed E-state index contributed by atoms with van der Waals surface area (Å²) in [4.78, 5) is 52.0. The zero-order chi connectivity index (χ0) is 85.2. The fraction of sp³-hybridized carbons (Fsp3) is 0.321. The van der Waals surface area contributed by atoms with Crippen LogP contribution in [0.5, 0.6) is 69.0 Å². The Bertz CT molecular complexity index is 4270. The van der Waals surface area contributed by atoms with Gasteiger partial charge in [0.05, 0.1) is 58.3 Å². The van der Waals surface area contributed by atoms with Crippen molar-refractivity contribution in [2.75, 3.05) is 85.3 Å². The van der Waals surface area contributed by atoms with Gasteiger partial charge in [-0.25, -0.2) is 0 Å². The van der Waals surface area contributed by atoms with E-state index in [-0.39, 0.29) is 62.3 Å². The van der Waals surface area contributed by atoms with Gasteiger partial charge in [0.25, 0.3) is 0 Å². The second kappa shape index (κ2) is 54.0. The van der Waals surface area contributed by atoms with Crippen LogP contribution in [0, 0.1) is 20.8 Å². The van der Waals surface area contributed by atoms with Crippen molar-refractivity contribution >= 4 is 53.7 Å². The summed E-state index contributed by atoms with van der Waals surface area (Å²) < 4.78 is 182. The van der Waals surface area contributed by atoms with Gasteiger partial charge in [-0.05, 0) is 257 Å². The van der Waals surface area contributed by atoms with Gasteiger partial charge in [-0.15, -0.1) is 35.3 Å². The van der Waals surface area contributed by atoms with Crippen molar-refractivity contribution in [3.8, 4) is 69.0 Å². The summed E-state index contributed by atoms with van der Waals surface area (Å²) in [5, 5.41) is 8.80. The number of phenols is 1. The van der Waals surface area contributed by atoms with Gasteiger partial charge in [-0.3, -0.25) is 0 Å². The standard InChI is InChI=1S/C27H29F3O4S.C25H25F3O4S.C22H27F3O3S.C7H8O2.3CO2/c1-4-15-32-26-14-13-25(16-19(26)2)35-18-24(34-23-11-9-21(31-3)10-12-23)17-33-22-7-5-20(6-8-22)27(28,29)30;1-17-14-23(12-13-24(17)30-3)33-16-22(32-21-10-8-19(29-2)9-11-21)15-31-20-6-4-18(5-7-20)25(26,27)28;1-4-12-27-21-11-10-20(13-16(21)3)29-15-19(26-5-2)14-28-18-8-6-17(7-9-18)22(23,24)25;1-9-7-4-2-6(8)3-5-7;3*2-1-3/h5-14,16,24H,4,15,17-18H2,1-3H3;4-14,22H,15-16H2,1-3H3;6-11,13,19H,4-5,12,14-15H2,1-3H3;2-5,8H,1H3;;;. The molecule has 0 spiro atoms. The number of rotatable bonds is 34. The van der Waals surface area contributed by atoms with E-state index >= 15 is 0 Å². The summed E-state index contributed by atoms with van der Waals surface area (Å²) in [6.07, 6.45) is -11.3. The minimum absolute atomic E-state index is 0.166. The van der Waals surface area contributed by atoms with E-state index in [2.05, 4.69) is 26.0 Å². The van der Waals surface area contributed by atoms with Gasteiger partial charge >= 0.3 is 37.0 Å². The first-order valence-electron chi connectivity index (χ1n) is 34.9. The molecule has 0 aliphatic rings. The number of hydrogen-bond donors (Lipinski definition) is 1. The molecule has 620 valence electrons. The molecule has 1 N–H and O–H groups in total. The van der Waals surface area contributed by atoms with Crippen LogP contribution < -0.4 is 52.1 Å². The maximum absolute atomic E-state index is 12.8. The van der Waals surface area contributed by atoms with Crippen molar-refractivity contribution in [1.82, 2.24) is 0 Å². The Hall–Kier alpha value is -10.9. The van der Waals surface area contributed by atoms with Crippen molar-refractivity contribution in [2.45, 2.75) is 106 Å². The Balaban J connectivity index is 0.000000403. The molecule has 0 aliphatic carbocycles. The Morgan fingerprint density at radius 2 is 0.600 bits per heavy atom. The van der Waals surface area contributed by atoms with Crippen LogP contribution in [0.2, 0.25) is 0 Å². The minimum Gasteiger partial charge on any atom is -0.508 e. The fourth-order valence-electron chi connectivity index (χ4n) is 9.36. The SMILES string of the molecule is CCCOc1ccc(SCC(COc2ccc(C(F)(F)F)cc2)OCC)cc1C.CCCOc1ccc(SCC(COc2ccc(C(F)(F)F)cc2)Oc2ccc(OC)cc2)cc1C.COc1ccc(O)cc1.COc1ccc(OC(COc2ccc(C(F)(F)F)cc2)CSc2ccc(OC)c(C)c2)cc1.O=C=O.O=C=O.O=C=O. The van der Waals surface area contributed by atoms with E-state index in [0.717, 1.165) is 104 Å². The Morgan fingerprint density at radius 1 is 0.339 bits per heavy atom. The molecule has 9 aromatic carbocycles. The monoisotopic (exact) mass is 1670 g/mol. The van der Waals surface area contributed by atoms with Crippen molar-refractivity contribution in [3.63, 3.8) is 0 Å². The number of aromatic hydroxyl groups is 1. The normalized spacial score (nSPS) is 11.3. The molecule has 0 amide bonds. The predicted octanol–water partition coefficient (Wildman–Crippen LogP) is 20.1. The van der Waals surface area contributed by atoms with Gasteiger partial charge in [-0.1, -0.05) is 13.8 Å². The van der Waals surface area contributed by atoms with E-state index in [4.69, 9.17) is 90.7 Å². The largest absolute Gasteiger partial charge is 0.508 e. The van der Waals surface area contributed by atoms with Gasteiger partial charge in [0.15, 0.2) is 0 Å². The first-order chi connectivity index (χ1) is 55.0. The van der Waals surface area contributed by atoms with Crippen molar-refractivity contribution in [1.29, 1.82) is 0 Å². The topological polar surface area (TPSA) is 233 Å². The molecule has 0 fully saturated rings. The molecular weight excluding hydrogens is 1580 g/mol. The van der Waals surface area contributed by atoms with Gasteiger partial charge < -0.3 is 61.9 Å². The van der Waals surface area contributed by atoms with Gasteiger partial charge in [0, 0.05) is 38.6 Å². The van der Waals surface area contributed by atoms with Crippen LogP contribution in [0.15, 0.2) is 215 Å². The third kappa shape index (κ3) is 39.6. The maximum Gasteiger partial charge on any atom is 0.416 e. The molecule has 9 aromatic rings. The maximum atomic E-state index is 12.8. The molecule has 9 rings (SSSR count). The number of thioether (sulfide) groups is 3. The lowest BCUT2D eigenvalue weighted by Crippen LogP contribution is -2.27. The van der Waals surface area contributed by atoms with Crippen LogP contribution in [-0.4, -0.2) is 127 Å². The number of phenolic OH excluding ortho intramolecular Hbond substituents is 1. The van der Waals surface area contributed by atoms with Gasteiger partial charge in [-0.2, -0.15) is 68.3 Å². The summed E-state index contributed by atoms with van der Waals surface area (Å²) >= 11 is 4.85. The zero-order valence-corrected chi connectivity index (χ0v) is 66.9. The van der Waals surface area contributed by atoms with E-state index < -0.39 is 35.2 Å². The number of alkyl halides is 9. The van der Waals surface area contributed by atoms with Gasteiger partial charge in [0.1, 0.15) is 107 Å². The highest BCUT2D eigenvalue weighted by atomic mass is 32.2. The number of aryl methyl sites for hydroxylation is 3. The minimum atomic E-state index is -4.38.